The van der Waals surface area contributed by atoms with Gasteiger partial charge in [0.25, 0.3) is 0 Å². The van der Waals surface area contributed by atoms with E-state index in [1.54, 1.807) is 24.3 Å². The van der Waals surface area contributed by atoms with Crippen LogP contribution in [0.2, 0.25) is 0 Å². The maximum Gasteiger partial charge on any atom is 0.229 e. The number of benzene rings is 2. The number of phenols is 1. The van der Waals surface area contributed by atoms with Gasteiger partial charge in [0, 0.05) is 23.8 Å². The van der Waals surface area contributed by atoms with Crippen molar-refractivity contribution in [3.63, 3.8) is 0 Å². The van der Waals surface area contributed by atoms with Gasteiger partial charge in [0.15, 0.2) is 24.1 Å². The van der Waals surface area contributed by atoms with Gasteiger partial charge in [0.05, 0.1) is 26.4 Å². The van der Waals surface area contributed by atoms with Crippen molar-refractivity contribution in [2.45, 2.75) is 99.0 Å². The average Bonchev–Trinajstić information content (AvgIpc) is 3.14. The van der Waals surface area contributed by atoms with Crippen molar-refractivity contribution >= 4 is 11.0 Å². The molecule has 0 amide bonds. The second kappa shape index (κ2) is 16.1. The number of aliphatic hydroxyl groups excluding tert-OH is 9. The van der Waals surface area contributed by atoms with Crippen molar-refractivity contribution in [1.82, 2.24) is 0 Å². The quantitative estimate of drug-likeness (QED) is 0.0988. The fraction of sp³-hybridized carbons (Fsp3) is 0.559. The Labute approximate surface area is 300 Å². The van der Waals surface area contributed by atoms with Gasteiger partial charge in [-0.3, -0.25) is 4.79 Å². The minimum absolute atomic E-state index is 0.126. The number of ether oxygens (including phenoxy) is 7. The van der Waals surface area contributed by atoms with Gasteiger partial charge in [0.2, 0.25) is 6.29 Å². The van der Waals surface area contributed by atoms with E-state index in [1.165, 1.54) is 26.2 Å². The molecule has 3 aliphatic rings. The molecule has 53 heavy (non-hydrogen) atoms. The summed E-state index contributed by atoms with van der Waals surface area (Å²) in [6, 6.07) is 10.1. The summed E-state index contributed by atoms with van der Waals surface area (Å²) < 4.78 is 45.3. The number of methoxy groups -OCH3 is 1. The highest BCUT2D eigenvalue weighted by atomic mass is 16.8. The molecule has 19 nitrogen and oxygen atoms in total. The fourth-order valence-corrected chi connectivity index (χ4v) is 6.30. The molecule has 0 aliphatic carbocycles. The molecule has 6 rings (SSSR count). The summed E-state index contributed by atoms with van der Waals surface area (Å²) in [7, 11) is 1.49. The minimum atomic E-state index is -1.94. The van der Waals surface area contributed by atoms with E-state index in [0.717, 1.165) is 6.07 Å². The van der Waals surface area contributed by atoms with Gasteiger partial charge in [-0.25, -0.2) is 0 Å². The summed E-state index contributed by atoms with van der Waals surface area (Å²) in [5, 5.41) is 104. The average molecular weight is 755 g/mol. The smallest absolute Gasteiger partial charge is 0.229 e. The molecule has 292 valence electrons. The van der Waals surface area contributed by atoms with Crippen LogP contribution in [0, 0.1) is 0 Å². The van der Waals surface area contributed by atoms with Crippen LogP contribution in [-0.2, 0) is 23.7 Å². The second-order valence-corrected chi connectivity index (χ2v) is 13.0. The lowest BCUT2D eigenvalue weighted by Gasteiger charge is -2.46. The van der Waals surface area contributed by atoms with Crippen LogP contribution < -0.4 is 14.9 Å². The molecule has 3 saturated heterocycles. The van der Waals surface area contributed by atoms with E-state index >= 15 is 0 Å². The molecule has 0 bridgehead atoms. The molecule has 0 radical (unpaired) electrons. The summed E-state index contributed by atoms with van der Waals surface area (Å²) in [4.78, 5) is 13.1. The number of hydrogen-bond acceptors (Lipinski definition) is 19. The zero-order valence-electron chi connectivity index (χ0n) is 28.3. The summed E-state index contributed by atoms with van der Waals surface area (Å²) in [5.74, 6) is -0.0805. The minimum Gasteiger partial charge on any atom is -0.507 e. The third-order valence-electron chi connectivity index (χ3n) is 9.43. The van der Waals surface area contributed by atoms with Gasteiger partial charge < -0.3 is 88.6 Å². The zero-order valence-corrected chi connectivity index (χ0v) is 28.3. The number of fused-ring (bicyclic) bond motifs is 1. The normalized spacial score (nSPS) is 37.8. The highest BCUT2D eigenvalue weighted by molar-refractivity contribution is 5.86. The summed E-state index contributed by atoms with van der Waals surface area (Å²) in [6.07, 6.45) is -24.8. The molecule has 0 saturated carbocycles. The van der Waals surface area contributed by atoms with E-state index in [0.29, 0.717) is 11.3 Å². The van der Waals surface area contributed by atoms with Gasteiger partial charge in [-0.1, -0.05) is 0 Å². The van der Waals surface area contributed by atoms with Crippen LogP contribution in [0.5, 0.6) is 17.2 Å². The van der Waals surface area contributed by atoms with E-state index in [-0.39, 0.29) is 22.5 Å². The first-order valence-electron chi connectivity index (χ1n) is 16.6. The third-order valence-corrected chi connectivity index (χ3v) is 9.43. The van der Waals surface area contributed by atoms with Gasteiger partial charge in [-0.15, -0.1) is 0 Å². The lowest BCUT2D eigenvalue weighted by Crippen LogP contribution is -2.65. The largest absolute Gasteiger partial charge is 0.507 e. The Morgan fingerprint density at radius 1 is 0.698 bits per heavy atom. The van der Waals surface area contributed by atoms with Crippen LogP contribution in [-0.4, -0.2) is 164 Å². The monoisotopic (exact) mass is 754 g/mol. The van der Waals surface area contributed by atoms with E-state index < -0.39 is 117 Å². The first kappa shape index (κ1) is 39.2. The first-order chi connectivity index (χ1) is 25.2. The van der Waals surface area contributed by atoms with E-state index in [4.69, 9.17) is 37.6 Å². The predicted octanol–water partition coefficient (Wildman–Crippen LogP) is -2.97. The summed E-state index contributed by atoms with van der Waals surface area (Å²) >= 11 is 0. The first-order valence-corrected chi connectivity index (χ1v) is 16.6. The Morgan fingerprint density at radius 2 is 1.34 bits per heavy atom. The van der Waals surface area contributed by atoms with Gasteiger partial charge in [-0.05, 0) is 31.2 Å². The van der Waals surface area contributed by atoms with Crippen LogP contribution in [0.4, 0.5) is 0 Å². The van der Waals surface area contributed by atoms with Crippen LogP contribution in [0.25, 0.3) is 22.3 Å². The number of aromatic hydroxyl groups is 1. The molecule has 3 aliphatic heterocycles. The highest BCUT2D eigenvalue weighted by Crippen LogP contribution is 2.35. The van der Waals surface area contributed by atoms with Crippen molar-refractivity contribution in [2.75, 3.05) is 20.3 Å². The lowest BCUT2D eigenvalue weighted by molar-refractivity contribution is -0.362. The molecule has 10 N–H and O–H groups in total. The van der Waals surface area contributed by atoms with Crippen molar-refractivity contribution < 1.29 is 88.6 Å². The van der Waals surface area contributed by atoms with E-state index in [2.05, 4.69) is 0 Å². The number of hydrogen-bond donors (Lipinski definition) is 10. The van der Waals surface area contributed by atoms with Crippen molar-refractivity contribution in [1.29, 1.82) is 0 Å². The van der Waals surface area contributed by atoms with Gasteiger partial charge in [-0.2, -0.15) is 0 Å². The highest BCUT2D eigenvalue weighted by Gasteiger charge is 2.52. The standard InChI is InChI=1S/C34H42O19/c1-12-23(38)26(41)29(44)32(48-12)47-11-21-25(40)28(43)31(53-33-30(45)27(42)24(39)20(10-35)51-33)34(52-21)49-15-7-16(36)22-17(37)9-18(50-19(22)8-15)13-3-5-14(46-2)6-4-13/h3-9,12,20-21,23-36,38-45H,10-11H2,1-2H3/t12-,20-,21+,23-,24-,25+,26+,27+,28-,29+,30-,31+,32+,33+,34+/m0/s1. The Hall–Kier alpha value is -3.51. The number of aliphatic hydroxyl groups is 9. The Kier molecular flexibility index (Phi) is 11.9. The van der Waals surface area contributed by atoms with Gasteiger partial charge >= 0.3 is 0 Å². The zero-order chi connectivity index (χ0) is 38.3. The van der Waals surface area contributed by atoms with Crippen LogP contribution in [0.15, 0.2) is 51.7 Å². The Morgan fingerprint density at radius 3 is 2.02 bits per heavy atom. The number of phenolic OH excluding ortho intramolecular Hbond substituents is 1. The predicted molar refractivity (Wildman–Crippen MR) is 174 cm³/mol. The molecule has 3 aromatic rings. The topological polar surface area (TPSA) is 297 Å². The van der Waals surface area contributed by atoms with Crippen LogP contribution in [0.1, 0.15) is 6.92 Å². The molecule has 0 unspecified atom stereocenters. The van der Waals surface area contributed by atoms with E-state index in [9.17, 15) is 55.9 Å². The third kappa shape index (κ3) is 7.86. The maximum absolute atomic E-state index is 13.1. The molecule has 4 heterocycles. The van der Waals surface area contributed by atoms with Crippen LogP contribution in [0.3, 0.4) is 0 Å². The van der Waals surface area contributed by atoms with Gasteiger partial charge in [0.1, 0.15) is 95.0 Å². The van der Waals surface area contributed by atoms with Crippen LogP contribution >= 0.6 is 0 Å². The Bertz CT molecular complexity index is 1750. The lowest BCUT2D eigenvalue weighted by atomic mass is 9.97. The Balaban J connectivity index is 1.30. The SMILES string of the molecule is COc1ccc(-c2cc(=O)c3c(O)cc(O[C@@H]4O[C@H](CO[C@@H]5O[C@@H](C)[C@H](O)[C@@H](O)[C@H]5O)[C@@H](O)[C@H](O)[C@H]4O[C@H]4O[C@@H](CO)[C@H](O)[C@@H](O)[C@@H]4O)cc3o2)cc1. The molecule has 0 spiro atoms. The summed E-state index contributed by atoms with van der Waals surface area (Å²) in [5.41, 5.74) is -0.212. The fourth-order valence-electron chi connectivity index (χ4n) is 6.30. The molecular weight excluding hydrogens is 712 g/mol. The number of rotatable bonds is 10. The van der Waals surface area contributed by atoms with Crippen molar-refractivity contribution in [3.8, 4) is 28.6 Å². The van der Waals surface area contributed by atoms with E-state index in [1.807, 2.05) is 0 Å². The summed E-state index contributed by atoms with van der Waals surface area (Å²) in [6.45, 7) is 0.0267. The van der Waals surface area contributed by atoms with Crippen molar-refractivity contribution in [2.24, 2.45) is 0 Å². The molecule has 1 aromatic heterocycles. The molecule has 2 aromatic carbocycles. The molecular formula is C34H42O19. The van der Waals surface area contributed by atoms with Crippen molar-refractivity contribution in [3.05, 3.63) is 52.7 Å². The molecule has 19 heteroatoms. The molecule has 3 fully saturated rings. The maximum atomic E-state index is 13.1. The molecule has 15 atom stereocenters. The second-order valence-electron chi connectivity index (χ2n) is 13.0.